The second-order valence-corrected chi connectivity index (χ2v) is 7.94. The molecule has 1 spiro atoms. The summed E-state index contributed by atoms with van der Waals surface area (Å²) in [5.74, 6) is 1.15. The van der Waals surface area contributed by atoms with Gasteiger partial charge in [-0.3, -0.25) is 9.69 Å². The summed E-state index contributed by atoms with van der Waals surface area (Å²) < 4.78 is 10.6. The lowest BCUT2D eigenvalue weighted by Crippen LogP contribution is -2.45. The van der Waals surface area contributed by atoms with Crippen LogP contribution in [0.3, 0.4) is 0 Å². The number of hydrogen-bond acceptors (Lipinski definition) is 4. The Morgan fingerprint density at radius 1 is 1.33 bits per heavy atom. The van der Waals surface area contributed by atoms with Gasteiger partial charge in [-0.1, -0.05) is 0 Å². The first-order chi connectivity index (χ1) is 11.7. The van der Waals surface area contributed by atoms with Crippen LogP contribution in [0.15, 0.2) is 23.0 Å². The normalized spacial score (nSPS) is 27.3. The number of carbonyl (C=O) groups is 1. The lowest BCUT2D eigenvalue weighted by atomic mass is 9.71. The fourth-order valence-corrected chi connectivity index (χ4v) is 4.54. The predicted molar refractivity (Wildman–Crippen MR) is 90.3 cm³/mol. The smallest absolute Gasteiger partial charge is 0.228 e. The summed E-state index contributed by atoms with van der Waals surface area (Å²) in [6.45, 7) is 5.53. The minimum absolute atomic E-state index is 0.0531. The molecule has 4 rings (SSSR count). The number of nitrogens with zero attached hydrogens (tertiary/aromatic N) is 2. The number of methoxy groups -OCH3 is 1. The average Bonchev–Trinajstić information content (AvgIpc) is 3.19. The van der Waals surface area contributed by atoms with Crippen molar-refractivity contribution in [2.24, 2.45) is 17.3 Å². The number of hydrogen-bond donors (Lipinski definition) is 0. The molecule has 1 aromatic heterocycles. The van der Waals surface area contributed by atoms with Crippen LogP contribution in [0.5, 0.6) is 0 Å². The largest absolute Gasteiger partial charge is 0.472 e. The van der Waals surface area contributed by atoms with Gasteiger partial charge in [0.2, 0.25) is 5.91 Å². The van der Waals surface area contributed by atoms with Crippen molar-refractivity contribution in [3.63, 3.8) is 0 Å². The molecule has 2 saturated heterocycles. The van der Waals surface area contributed by atoms with Crippen molar-refractivity contribution in [3.8, 4) is 0 Å². The van der Waals surface area contributed by atoms with Crippen LogP contribution in [0.1, 0.15) is 31.2 Å². The molecule has 132 valence electrons. The first-order valence-corrected chi connectivity index (χ1v) is 9.21. The first kappa shape index (κ1) is 16.2. The van der Waals surface area contributed by atoms with Crippen molar-refractivity contribution in [2.75, 3.05) is 39.9 Å². The molecular weight excluding hydrogens is 304 g/mol. The molecule has 5 heteroatoms. The molecule has 3 heterocycles. The number of furan rings is 1. The fraction of sp³-hybridized carbons (Fsp3) is 0.737. The van der Waals surface area contributed by atoms with Gasteiger partial charge in [0.15, 0.2) is 0 Å². The van der Waals surface area contributed by atoms with E-state index in [0.29, 0.717) is 12.5 Å². The Hall–Kier alpha value is -1.33. The number of carbonyl (C=O) groups excluding carboxylic acids is 1. The summed E-state index contributed by atoms with van der Waals surface area (Å²) in [4.78, 5) is 17.5. The molecule has 0 N–H and O–H groups in total. The van der Waals surface area contributed by atoms with E-state index in [1.54, 1.807) is 13.4 Å². The van der Waals surface area contributed by atoms with Gasteiger partial charge in [-0.15, -0.1) is 0 Å². The number of amides is 1. The van der Waals surface area contributed by atoms with Gasteiger partial charge in [-0.05, 0) is 50.8 Å². The molecule has 1 amide bonds. The number of piperidine rings is 1. The molecule has 2 aliphatic heterocycles. The minimum atomic E-state index is 0.0531. The Morgan fingerprint density at radius 2 is 2.12 bits per heavy atom. The summed E-state index contributed by atoms with van der Waals surface area (Å²) >= 11 is 0. The average molecular weight is 332 g/mol. The number of likely N-dealkylation sites (tertiary alicyclic amines) is 2. The molecule has 0 aromatic carbocycles. The molecule has 0 bridgehead atoms. The van der Waals surface area contributed by atoms with Gasteiger partial charge >= 0.3 is 0 Å². The highest BCUT2D eigenvalue weighted by molar-refractivity contribution is 5.82. The van der Waals surface area contributed by atoms with Gasteiger partial charge in [-0.2, -0.15) is 0 Å². The van der Waals surface area contributed by atoms with Gasteiger partial charge in [0, 0.05) is 37.7 Å². The zero-order valence-electron chi connectivity index (χ0n) is 14.6. The second-order valence-electron chi connectivity index (χ2n) is 7.94. The van der Waals surface area contributed by atoms with Gasteiger partial charge < -0.3 is 14.1 Å². The second kappa shape index (κ2) is 6.52. The Balaban J connectivity index is 1.41. The third-order valence-corrected chi connectivity index (χ3v) is 6.20. The van der Waals surface area contributed by atoms with Crippen molar-refractivity contribution < 1.29 is 13.9 Å². The SMILES string of the molecule is COCC1C(=O)N(CC2CC2)CC12CCN(Cc1ccoc1)CC2. The van der Waals surface area contributed by atoms with Crippen LogP contribution in [-0.2, 0) is 16.1 Å². The quantitative estimate of drug-likeness (QED) is 0.802. The molecule has 24 heavy (non-hydrogen) atoms. The van der Waals surface area contributed by atoms with E-state index in [1.807, 2.05) is 12.3 Å². The first-order valence-electron chi connectivity index (χ1n) is 9.21. The zero-order valence-corrected chi connectivity index (χ0v) is 14.6. The lowest BCUT2D eigenvalue weighted by Gasteiger charge is -2.41. The van der Waals surface area contributed by atoms with Gasteiger partial charge in [-0.25, -0.2) is 0 Å². The van der Waals surface area contributed by atoms with Crippen LogP contribution in [0.2, 0.25) is 0 Å². The number of rotatable bonds is 6. The highest BCUT2D eigenvalue weighted by atomic mass is 16.5. The molecule has 1 unspecified atom stereocenters. The zero-order chi connectivity index (χ0) is 16.6. The molecule has 0 radical (unpaired) electrons. The van der Waals surface area contributed by atoms with E-state index in [2.05, 4.69) is 9.80 Å². The van der Waals surface area contributed by atoms with Crippen LogP contribution in [0.25, 0.3) is 0 Å². The van der Waals surface area contributed by atoms with E-state index in [1.165, 1.54) is 18.4 Å². The van der Waals surface area contributed by atoms with Crippen LogP contribution < -0.4 is 0 Å². The van der Waals surface area contributed by atoms with Crippen LogP contribution in [-0.4, -0.2) is 55.6 Å². The third kappa shape index (κ3) is 3.11. The summed E-state index contributed by atoms with van der Waals surface area (Å²) in [6, 6.07) is 2.04. The minimum Gasteiger partial charge on any atom is -0.472 e. The highest BCUT2D eigenvalue weighted by Gasteiger charge is 2.53. The maximum absolute atomic E-state index is 12.9. The van der Waals surface area contributed by atoms with Gasteiger partial charge in [0.05, 0.1) is 25.1 Å². The monoisotopic (exact) mass is 332 g/mol. The topological polar surface area (TPSA) is 45.9 Å². The summed E-state index contributed by atoms with van der Waals surface area (Å²) in [7, 11) is 1.72. The molecule has 5 nitrogen and oxygen atoms in total. The molecule has 1 aliphatic carbocycles. The molecule has 1 saturated carbocycles. The van der Waals surface area contributed by atoms with Gasteiger partial charge in [0.1, 0.15) is 0 Å². The van der Waals surface area contributed by atoms with E-state index >= 15 is 0 Å². The Labute approximate surface area is 143 Å². The van der Waals surface area contributed by atoms with Crippen LogP contribution >= 0.6 is 0 Å². The van der Waals surface area contributed by atoms with E-state index < -0.39 is 0 Å². The maximum Gasteiger partial charge on any atom is 0.228 e. The van der Waals surface area contributed by atoms with Crippen molar-refractivity contribution in [1.82, 2.24) is 9.80 Å². The standard InChI is InChI=1S/C19H28N2O3/c1-23-13-17-18(22)21(11-15-2-3-15)14-19(17)5-7-20(8-6-19)10-16-4-9-24-12-16/h4,9,12,15,17H,2-3,5-8,10-11,13-14H2,1H3. The molecule has 3 aliphatic rings. The Bertz CT molecular complexity index is 559. The molecular formula is C19H28N2O3. The lowest BCUT2D eigenvalue weighted by molar-refractivity contribution is -0.133. The van der Waals surface area contributed by atoms with E-state index in [4.69, 9.17) is 9.15 Å². The van der Waals surface area contributed by atoms with E-state index in [0.717, 1.165) is 51.5 Å². The molecule has 1 aromatic rings. The highest BCUT2D eigenvalue weighted by Crippen LogP contribution is 2.46. The molecule has 3 fully saturated rings. The molecule has 1 atom stereocenters. The summed E-state index contributed by atoms with van der Waals surface area (Å²) in [5.41, 5.74) is 1.35. The summed E-state index contributed by atoms with van der Waals surface area (Å²) in [5, 5.41) is 0. The van der Waals surface area contributed by atoms with Crippen molar-refractivity contribution >= 4 is 5.91 Å². The predicted octanol–water partition coefficient (Wildman–Crippen LogP) is 2.38. The van der Waals surface area contributed by atoms with E-state index in [-0.39, 0.29) is 11.3 Å². The van der Waals surface area contributed by atoms with Crippen molar-refractivity contribution in [1.29, 1.82) is 0 Å². The van der Waals surface area contributed by atoms with Crippen LogP contribution in [0, 0.1) is 17.3 Å². The number of ether oxygens (including phenoxy) is 1. The van der Waals surface area contributed by atoms with E-state index in [9.17, 15) is 4.79 Å². The Morgan fingerprint density at radius 3 is 2.75 bits per heavy atom. The van der Waals surface area contributed by atoms with Crippen LogP contribution in [0.4, 0.5) is 0 Å². The summed E-state index contributed by atoms with van der Waals surface area (Å²) in [6.07, 6.45) is 8.33. The fourth-order valence-electron chi connectivity index (χ4n) is 4.54. The van der Waals surface area contributed by atoms with Crippen molar-refractivity contribution in [2.45, 2.75) is 32.2 Å². The van der Waals surface area contributed by atoms with Gasteiger partial charge in [0.25, 0.3) is 0 Å². The Kier molecular flexibility index (Phi) is 4.39. The van der Waals surface area contributed by atoms with Crippen molar-refractivity contribution in [3.05, 3.63) is 24.2 Å². The maximum atomic E-state index is 12.9. The third-order valence-electron chi connectivity index (χ3n) is 6.20.